The van der Waals surface area contributed by atoms with Crippen molar-refractivity contribution in [2.24, 2.45) is 17.2 Å². The Morgan fingerprint density at radius 2 is 0.818 bits per heavy atom. The topological polar surface area (TPSA) is 78.1 Å². The van der Waals surface area contributed by atoms with E-state index in [1.165, 1.54) is 0 Å². The van der Waals surface area contributed by atoms with E-state index in [2.05, 4.69) is 33.2 Å². The molecule has 6 N–H and O–H groups in total. The molecule has 0 heterocycles. The molecule has 11 heavy (non-hydrogen) atoms. The molecule has 0 amide bonds. The summed E-state index contributed by atoms with van der Waals surface area (Å²) in [5.41, 5.74) is 14.5. The molecule has 0 spiro atoms. The van der Waals surface area contributed by atoms with Crippen LogP contribution < -0.4 is 17.2 Å². The molecule has 0 aliphatic rings. The lowest BCUT2D eigenvalue weighted by molar-refractivity contribution is 0.976. The molecule has 0 aliphatic heterocycles. The average molecular weight is 160 g/mol. The van der Waals surface area contributed by atoms with Crippen molar-refractivity contribution in [2.45, 2.75) is 0 Å². The second kappa shape index (κ2) is 117. The molecular weight excluding hydrogens is 138 g/mol. The predicted octanol–water partition coefficient (Wildman–Crippen LogP) is 0.287. The van der Waals surface area contributed by atoms with Crippen LogP contribution in [0.3, 0.4) is 0 Å². The Morgan fingerprint density at radius 3 is 0.818 bits per heavy atom. The van der Waals surface area contributed by atoms with Gasteiger partial charge in [0.15, 0.2) is 0 Å². The minimum Gasteiger partial charge on any atom is -0.330 e. The van der Waals surface area contributed by atoms with Crippen molar-refractivity contribution in [3.8, 4) is 0 Å². The van der Waals surface area contributed by atoms with Gasteiger partial charge < -0.3 is 17.2 Å². The molecule has 0 aliphatic carbocycles. The Labute approximate surface area is 71.0 Å². The first kappa shape index (κ1) is 22.4. The molecule has 0 unspecified atom stereocenters. The Kier molecular flexibility index (Phi) is 240. The first-order chi connectivity index (χ1) is 5.33. The van der Waals surface area contributed by atoms with Crippen molar-refractivity contribution in [3.63, 3.8) is 0 Å². The Morgan fingerprint density at radius 1 is 0.727 bits per heavy atom. The fourth-order valence-corrected chi connectivity index (χ4v) is 0. The number of hydrogen-bond acceptors (Lipinski definition) is 3. The summed E-state index contributed by atoms with van der Waals surface area (Å²) in [4.78, 5) is 0. The minimum atomic E-state index is 0.500. The highest BCUT2D eigenvalue weighted by molar-refractivity contribution is 4.26. The summed E-state index contributed by atoms with van der Waals surface area (Å²) >= 11 is 0. The number of hydrogen-bond donors (Lipinski definition) is 3. The smallest absolute Gasteiger partial charge is 0.00461 e. The molecule has 0 rings (SSSR count). The van der Waals surface area contributed by atoms with Crippen LogP contribution in [0.5, 0.6) is 0 Å². The number of rotatable bonds is 1. The lowest BCUT2D eigenvalue weighted by atomic mass is 10.7. The van der Waals surface area contributed by atoms with Crippen molar-refractivity contribution in [2.75, 3.05) is 19.6 Å². The fourth-order valence-electron chi connectivity index (χ4n) is 0. The average Bonchev–Trinajstić information content (AvgIpc) is 2.12. The summed E-state index contributed by atoms with van der Waals surface area (Å²) in [5, 5.41) is 0. The van der Waals surface area contributed by atoms with Crippen molar-refractivity contribution < 1.29 is 0 Å². The van der Waals surface area contributed by atoms with E-state index in [4.69, 9.17) is 17.2 Å². The van der Waals surface area contributed by atoms with Gasteiger partial charge in [-0.25, -0.2) is 0 Å². The second-order valence-electron chi connectivity index (χ2n) is 0.866. The van der Waals surface area contributed by atoms with Crippen molar-refractivity contribution in [3.05, 3.63) is 33.2 Å². The summed E-state index contributed by atoms with van der Waals surface area (Å²) in [5.74, 6) is 0. The van der Waals surface area contributed by atoms with Gasteiger partial charge in [-0.3, -0.25) is 0 Å². The van der Waals surface area contributed by atoms with Crippen molar-refractivity contribution >= 4 is 0 Å². The SMILES string of the molecule is C=C.C=C.NCCN.[CH2]CN. The van der Waals surface area contributed by atoms with Gasteiger partial charge in [-0.1, -0.05) is 0 Å². The van der Waals surface area contributed by atoms with E-state index >= 15 is 0 Å². The molecule has 0 fully saturated rings. The van der Waals surface area contributed by atoms with Crippen LogP contribution >= 0.6 is 0 Å². The van der Waals surface area contributed by atoms with E-state index in [1.54, 1.807) is 0 Å². The lowest BCUT2D eigenvalue weighted by Crippen LogP contribution is -2.11. The van der Waals surface area contributed by atoms with Crippen LogP contribution in [0.25, 0.3) is 0 Å². The van der Waals surface area contributed by atoms with Gasteiger partial charge in [0.2, 0.25) is 0 Å². The molecule has 69 valence electrons. The summed E-state index contributed by atoms with van der Waals surface area (Å²) in [6.45, 7) is 17.0. The summed E-state index contributed by atoms with van der Waals surface area (Å²) in [6, 6.07) is 0. The standard InChI is InChI=1S/C2H8N2.C2H6N.2C2H4/c3-1-2-4;1-2-3;2*1-2/h1-4H2;1-3H2;2*1-2H2. The van der Waals surface area contributed by atoms with Gasteiger partial charge in [0.05, 0.1) is 0 Å². The van der Waals surface area contributed by atoms with Crippen LogP contribution in [0.15, 0.2) is 26.3 Å². The molecule has 0 aromatic heterocycles. The zero-order valence-corrected chi connectivity index (χ0v) is 7.39. The molecule has 0 saturated heterocycles. The maximum atomic E-state index is 4.90. The third-order valence-corrected chi connectivity index (χ3v) is 0.167. The molecular formula is C8H22N3. The van der Waals surface area contributed by atoms with Crippen molar-refractivity contribution in [1.82, 2.24) is 0 Å². The largest absolute Gasteiger partial charge is 0.330 e. The third kappa shape index (κ3) is 3910. The van der Waals surface area contributed by atoms with Gasteiger partial charge in [0.25, 0.3) is 0 Å². The van der Waals surface area contributed by atoms with E-state index in [1.807, 2.05) is 0 Å². The van der Waals surface area contributed by atoms with Crippen LogP contribution in [0, 0.1) is 6.92 Å². The third-order valence-electron chi connectivity index (χ3n) is 0.167. The van der Waals surface area contributed by atoms with Gasteiger partial charge in [-0.05, 0) is 13.5 Å². The monoisotopic (exact) mass is 160 g/mol. The normalized spacial score (nSPS) is 5.09. The van der Waals surface area contributed by atoms with Gasteiger partial charge in [0, 0.05) is 13.1 Å². The molecule has 1 radical (unpaired) electrons. The Balaban J connectivity index is -0.0000000315. The maximum Gasteiger partial charge on any atom is 0.00461 e. The zero-order chi connectivity index (χ0) is 10.1. The summed E-state index contributed by atoms with van der Waals surface area (Å²) in [6.07, 6.45) is 0. The molecule has 0 aromatic rings. The quantitative estimate of drug-likeness (QED) is 0.482. The van der Waals surface area contributed by atoms with Gasteiger partial charge in [-0.15, -0.1) is 26.3 Å². The van der Waals surface area contributed by atoms with Crippen LogP contribution in [-0.4, -0.2) is 19.6 Å². The fraction of sp³-hybridized carbons (Fsp3) is 0.375. The van der Waals surface area contributed by atoms with E-state index in [0.29, 0.717) is 19.6 Å². The van der Waals surface area contributed by atoms with Crippen LogP contribution in [0.4, 0.5) is 0 Å². The number of nitrogens with two attached hydrogens (primary N) is 3. The Hall–Kier alpha value is -0.640. The van der Waals surface area contributed by atoms with E-state index in [9.17, 15) is 0 Å². The van der Waals surface area contributed by atoms with Crippen LogP contribution in [-0.2, 0) is 0 Å². The van der Waals surface area contributed by atoms with Gasteiger partial charge in [-0.2, -0.15) is 0 Å². The summed E-state index contributed by atoms with van der Waals surface area (Å²) < 4.78 is 0. The summed E-state index contributed by atoms with van der Waals surface area (Å²) in [7, 11) is 0. The zero-order valence-electron chi connectivity index (χ0n) is 7.39. The maximum absolute atomic E-state index is 4.90. The first-order valence-electron chi connectivity index (χ1n) is 3.22. The second-order valence-corrected chi connectivity index (χ2v) is 0.866. The molecule has 3 nitrogen and oxygen atoms in total. The molecule has 0 bridgehead atoms. The van der Waals surface area contributed by atoms with Crippen molar-refractivity contribution in [1.29, 1.82) is 0 Å². The van der Waals surface area contributed by atoms with Gasteiger partial charge in [0.1, 0.15) is 0 Å². The van der Waals surface area contributed by atoms with E-state index < -0.39 is 0 Å². The highest BCUT2D eigenvalue weighted by Crippen LogP contribution is 1.24. The Bertz CT molecular complexity index is 28.5. The molecule has 0 saturated carbocycles. The highest BCUT2D eigenvalue weighted by atomic mass is 14.6. The first-order valence-corrected chi connectivity index (χ1v) is 3.22. The van der Waals surface area contributed by atoms with E-state index in [0.717, 1.165) is 0 Å². The molecule has 0 atom stereocenters. The molecule has 3 heteroatoms. The minimum absolute atomic E-state index is 0.500. The highest BCUT2D eigenvalue weighted by Gasteiger charge is 1.54. The van der Waals surface area contributed by atoms with E-state index in [-0.39, 0.29) is 0 Å². The lowest BCUT2D eigenvalue weighted by Gasteiger charge is -1.72. The van der Waals surface area contributed by atoms with Gasteiger partial charge >= 0.3 is 0 Å². The predicted molar refractivity (Wildman–Crippen MR) is 55.0 cm³/mol. The molecule has 0 aromatic carbocycles. The van der Waals surface area contributed by atoms with Crippen LogP contribution in [0.1, 0.15) is 0 Å². The van der Waals surface area contributed by atoms with Crippen LogP contribution in [0.2, 0.25) is 0 Å².